The Morgan fingerprint density at radius 2 is 2.21 bits per heavy atom. The van der Waals surface area contributed by atoms with Crippen LogP contribution in [-0.2, 0) is 0 Å². The molecule has 3 aromatic heterocycles. The number of likely N-dealkylation sites (tertiary alicyclic amines) is 1. The van der Waals surface area contributed by atoms with Crippen molar-refractivity contribution < 1.29 is 4.79 Å². The first-order chi connectivity index (χ1) is 11.6. The summed E-state index contributed by atoms with van der Waals surface area (Å²) in [5.41, 5.74) is 1.12. The Hall–Kier alpha value is -2.41. The van der Waals surface area contributed by atoms with Gasteiger partial charge in [-0.3, -0.25) is 14.7 Å². The molecule has 0 saturated carbocycles. The molecule has 0 spiro atoms. The van der Waals surface area contributed by atoms with Gasteiger partial charge in [-0.1, -0.05) is 0 Å². The SMILES string of the molecule is Cc1ccc(C(=O)N2CCCC[C@H]2c2cc(=O)n3[nH]ccc3n2)s1. The maximum Gasteiger partial charge on any atom is 0.272 e. The van der Waals surface area contributed by atoms with E-state index >= 15 is 0 Å². The molecule has 124 valence electrons. The van der Waals surface area contributed by atoms with Crippen LogP contribution in [0, 0.1) is 6.92 Å². The van der Waals surface area contributed by atoms with Crippen LogP contribution in [0.5, 0.6) is 0 Å². The molecule has 0 aromatic carbocycles. The van der Waals surface area contributed by atoms with E-state index in [9.17, 15) is 9.59 Å². The van der Waals surface area contributed by atoms with Crippen molar-refractivity contribution in [2.24, 2.45) is 0 Å². The molecule has 0 unspecified atom stereocenters. The third-order valence-electron chi connectivity index (χ3n) is 4.46. The van der Waals surface area contributed by atoms with Gasteiger partial charge < -0.3 is 4.90 Å². The monoisotopic (exact) mass is 342 g/mol. The van der Waals surface area contributed by atoms with Gasteiger partial charge in [0.05, 0.1) is 16.6 Å². The summed E-state index contributed by atoms with van der Waals surface area (Å²) in [5.74, 6) is 0.0360. The molecule has 1 saturated heterocycles. The Labute approximate surface area is 142 Å². The number of aromatic amines is 1. The first-order valence-corrected chi connectivity index (χ1v) is 8.89. The first-order valence-electron chi connectivity index (χ1n) is 8.08. The number of nitrogens with one attached hydrogen (secondary N) is 1. The highest BCUT2D eigenvalue weighted by Gasteiger charge is 2.30. The van der Waals surface area contributed by atoms with Crippen molar-refractivity contribution in [2.75, 3.05) is 6.54 Å². The predicted octanol–water partition coefficient (Wildman–Crippen LogP) is 2.76. The van der Waals surface area contributed by atoms with E-state index in [0.717, 1.165) is 29.0 Å². The molecule has 1 amide bonds. The molecule has 3 aromatic rings. The van der Waals surface area contributed by atoms with Crippen LogP contribution >= 0.6 is 11.3 Å². The summed E-state index contributed by atoms with van der Waals surface area (Å²) < 4.78 is 1.40. The molecule has 24 heavy (non-hydrogen) atoms. The highest BCUT2D eigenvalue weighted by molar-refractivity contribution is 7.13. The van der Waals surface area contributed by atoms with E-state index in [1.807, 2.05) is 24.0 Å². The summed E-state index contributed by atoms with van der Waals surface area (Å²) in [4.78, 5) is 33.5. The van der Waals surface area contributed by atoms with E-state index in [1.54, 1.807) is 18.3 Å². The van der Waals surface area contributed by atoms with Crippen LogP contribution in [0.1, 0.15) is 45.5 Å². The molecule has 1 aliphatic heterocycles. The molecule has 1 fully saturated rings. The number of carbonyl (C=O) groups excluding carboxylic acids is 1. The second kappa shape index (κ2) is 5.90. The molecule has 7 heteroatoms. The van der Waals surface area contributed by atoms with E-state index in [-0.39, 0.29) is 17.5 Å². The molecule has 0 aliphatic carbocycles. The van der Waals surface area contributed by atoms with E-state index in [2.05, 4.69) is 10.1 Å². The highest BCUT2D eigenvalue weighted by atomic mass is 32.1. The van der Waals surface area contributed by atoms with Gasteiger partial charge in [0.25, 0.3) is 11.5 Å². The smallest absolute Gasteiger partial charge is 0.272 e. The first kappa shape index (κ1) is 15.1. The average Bonchev–Trinajstić information content (AvgIpc) is 3.23. The van der Waals surface area contributed by atoms with E-state index in [4.69, 9.17) is 0 Å². The minimum Gasteiger partial charge on any atom is -0.329 e. The fourth-order valence-electron chi connectivity index (χ4n) is 3.29. The Morgan fingerprint density at radius 1 is 1.33 bits per heavy atom. The Balaban J connectivity index is 1.73. The van der Waals surface area contributed by atoms with Crippen molar-refractivity contribution in [3.8, 4) is 0 Å². The number of aromatic nitrogens is 3. The summed E-state index contributed by atoms with van der Waals surface area (Å²) in [7, 11) is 0. The van der Waals surface area contributed by atoms with Crippen molar-refractivity contribution in [3.63, 3.8) is 0 Å². The second-order valence-corrected chi connectivity index (χ2v) is 7.38. The van der Waals surface area contributed by atoms with Crippen LogP contribution in [0.3, 0.4) is 0 Å². The van der Waals surface area contributed by atoms with Crippen LogP contribution in [0.2, 0.25) is 0 Å². The Morgan fingerprint density at radius 3 is 3.00 bits per heavy atom. The lowest BCUT2D eigenvalue weighted by atomic mass is 9.98. The lowest BCUT2D eigenvalue weighted by Gasteiger charge is -2.35. The van der Waals surface area contributed by atoms with Crippen LogP contribution < -0.4 is 5.56 Å². The van der Waals surface area contributed by atoms with Crippen molar-refractivity contribution in [1.29, 1.82) is 0 Å². The zero-order valence-electron chi connectivity index (χ0n) is 13.4. The molecular formula is C17H18N4O2S. The zero-order valence-corrected chi connectivity index (χ0v) is 14.2. The number of hydrogen-bond acceptors (Lipinski definition) is 4. The van der Waals surface area contributed by atoms with Gasteiger partial charge in [-0.15, -0.1) is 11.3 Å². The molecule has 0 radical (unpaired) electrons. The standard InChI is InChI=1S/C17H18N4O2S/c1-11-5-6-14(24-11)17(23)20-9-3-2-4-13(20)12-10-16(22)21-15(19-12)7-8-18-21/h5-8,10,13,18H,2-4,9H2,1H3/t13-/m0/s1. The van der Waals surface area contributed by atoms with Gasteiger partial charge in [0, 0.05) is 29.8 Å². The molecule has 1 aliphatic rings. The second-order valence-electron chi connectivity index (χ2n) is 6.10. The van der Waals surface area contributed by atoms with Gasteiger partial charge in [-0.25, -0.2) is 9.50 Å². The van der Waals surface area contributed by atoms with Crippen LogP contribution in [0.4, 0.5) is 0 Å². The topological polar surface area (TPSA) is 70.5 Å². The van der Waals surface area contributed by atoms with Gasteiger partial charge in [-0.2, -0.15) is 0 Å². The highest BCUT2D eigenvalue weighted by Crippen LogP contribution is 2.32. The summed E-state index contributed by atoms with van der Waals surface area (Å²) in [6.07, 6.45) is 4.54. The molecule has 4 rings (SSSR count). The van der Waals surface area contributed by atoms with Gasteiger partial charge in [0.2, 0.25) is 0 Å². The van der Waals surface area contributed by atoms with E-state index in [1.165, 1.54) is 15.9 Å². The molecule has 0 bridgehead atoms. The van der Waals surface area contributed by atoms with Crippen LogP contribution in [0.25, 0.3) is 5.65 Å². The minimum atomic E-state index is -0.148. The molecule has 1 atom stereocenters. The summed E-state index contributed by atoms with van der Waals surface area (Å²) in [6, 6.07) is 7.02. The quantitative estimate of drug-likeness (QED) is 0.778. The fourth-order valence-corrected chi connectivity index (χ4v) is 4.11. The lowest BCUT2D eigenvalue weighted by molar-refractivity contribution is 0.0611. The van der Waals surface area contributed by atoms with E-state index < -0.39 is 0 Å². The number of H-pyrrole nitrogens is 1. The summed E-state index contributed by atoms with van der Waals surface area (Å²) >= 11 is 1.51. The number of piperidine rings is 1. The van der Waals surface area contributed by atoms with Crippen molar-refractivity contribution >= 4 is 22.9 Å². The molecule has 4 heterocycles. The number of carbonyl (C=O) groups is 1. The van der Waals surface area contributed by atoms with E-state index in [0.29, 0.717) is 17.9 Å². The average molecular weight is 342 g/mol. The number of rotatable bonds is 2. The number of amides is 1. The van der Waals surface area contributed by atoms with Crippen LogP contribution in [-0.4, -0.2) is 31.9 Å². The largest absolute Gasteiger partial charge is 0.329 e. The number of fused-ring (bicyclic) bond motifs is 1. The maximum absolute atomic E-state index is 12.9. The minimum absolute atomic E-state index is 0.0360. The summed E-state index contributed by atoms with van der Waals surface area (Å²) in [5, 5.41) is 2.84. The summed E-state index contributed by atoms with van der Waals surface area (Å²) in [6.45, 7) is 2.70. The number of hydrogen-bond donors (Lipinski definition) is 1. The number of aryl methyl sites for hydroxylation is 1. The van der Waals surface area contributed by atoms with Crippen molar-refractivity contribution in [2.45, 2.75) is 32.2 Å². The van der Waals surface area contributed by atoms with Crippen molar-refractivity contribution in [3.05, 3.63) is 56.3 Å². The molecule has 1 N–H and O–H groups in total. The lowest BCUT2D eigenvalue weighted by Crippen LogP contribution is -2.39. The Bertz CT molecular complexity index is 955. The van der Waals surface area contributed by atoms with Gasteiger partial charge in [-0.05, 0) is 38.3 Å². The normalized spacial score (nSPS) is 18.2. The third-order valence-corrected chi connectivity index (χ3v) is 5.45. The van der Waals surface area contributed by atoms with Crippen molar-refractivity contribution in [1.82, 2.24) is 19.5 Å². The van der Waals surface area contributed by atoms with Gasteiger partial charge >= 0.3 is 0 Å². The third kappa shape index (κ3) is 2.54. The van der Waals surface area contributed by atoms with Gasteiger partial charge in [0.15, 0.2) is 5.65 Å². The zero-order chi connectivity index (χ0) is 16.7. The molecular weight excluding hydrogens is 324 g/mol. The van der Waals surface area contributed by atoms with Crippen LogP contribution in [0.15, 0.2) is 35.3 Å². The Kier molecular flexibility index (Phi) is 3.72. The fraction of sp³-hybridized carbons (Fsp3) is 0.353. The van der Waals surface area contributed by atoms with Gasteiger partial charge in [0.1, 0.15) is 0 Å². The maximum atomic E-state index is 12.9. The predicted molar refractivity (Wildman–Crippen MR) is 92.5 cm³/mol. The number of nitrogens with zero attached hydrogens (tertiary/aromatic N) is 3. The number of thiophene rings is 1. The molecule has 6 nitrogen and oxygen atoms in total.